The molecule has 0 saturated carbocycles. The van der Waals surface area contributed by atoms with Crippen LogP contribution in [0.4, 0.5) is 0 Å². The Bertz CT molecular complexity index is 62.1. The summed E-state index contributed by atoms with van der Waals surface area (Å²) in [7, 11) is 0. The molecule has 0 aromatic heterocycles. The van der Waals surface area contributed by atoms with Crippen molar-refractivity contribution in [2.75, 3.05) is 6.61 Å². The predicted octanol–water partition coefficient (Wildman–Crippen LogP) is 0.284. The summed E-state index contributed by atoms with van der Waals surface area (Å²) in [5.41, 5.74) is 0. The molecule has 0 aliphatic heterocycles. The first-order valence-corrected chi connectivity index (χ1v) is 3.17. The van der Waals surface area contributed by atoms with Gasteiger partial charge in [-0.2, -0.15) is 0 Å². The lowest BCUT2D eigenvalue weighted by Gasteiger charge is -2.12. The molecule has 1 unspecified atom stereocenters. The third-order valence-electron chi connectivity index (χ3n) is 1.13. The van der Waals surface area contributed by atoms with Crippen molar-refractivity contribution in [3.05, 3.63) is 0 Å². The summed E-state index contributed by atoms with van der Waals surface area (Å²) in [6.07, 6.45) is 0.623. The van der Waals surface area contributed by atoms with Crippen molar-refractivity contribution in [3.63, 3.8) is 0 Å². The van der Waals surface area contributed by atoms with Gasteiger partial charge >= 0.3 is 0 Å². The van der Waals surface area contributed by atoms with Crippen LogP contribution in [0.1, 0.15) is 20.3 Å². The van der Waals surface area contributed by atoms with E-state index in [-0.39, 0.29) is 12.7 Å². The lowest BCUT2D eigenvalue weighted by Crippen LogP contribution is -2.23. The summed E-state index contributed by atoms with van der Waals surface area (Å²) in [6.45, 7) is 4.12. The highest BCUT2D eigenvalue weighted by Gasteiger charge is 2.07. The van der Waals surface area contributed by atoms with Crippen molar-refractivity contribution >= 4 is 0 Å². The number of nitrogens with two attached hydrogens (primary N) is 1. The largest absolute Gasteiger partial charge is 0.394 e. The molecule has 0 aliphatic carbocycles. The maximum absolute atomic E-state index is 8.57. The third kappa shape index (κ3) is 4.39. The summed E-state index contributed by atoms with van der Waals surface area (Å²) in [4.78, 5) is 4.46. The van der Waals surface area contributed by atoms with Crippen LogP contribution >= 0.6 is 0 Å². The first-order valence-electron chi connectivity index (χ1n) is 3.17. The van der Waals surface area contributed by atoms with Gasteiger partial charge in [0, 0.05) is 0 Å². The zero-order chi connectivity index (χ0) is 7.28. The highest BCUT2D eigenvalue weighted by atomic mass is 16.6. The van der Waals surface area contributed by atoms with Crippen molar-refractivity contribution in [2.24, 2.45) is 11.8 Å². The Morgan fingerprint density at radius 3 is 2.22 bits per heavy atom. The van der Waals surface area contributed by atoms with E-state index in [9.17, 15) is 0 Å². The summed E-state index contributed by atoms with van der Waals surface area (Å²) < 4.78 is 0. The van der Waals surface area contributed by atoms with E-state index >= 15 is 0 Å². The molecule has 0 aliphatic rings. The predicted molar refractivity (Wildman–Crippen MR) is 35.6 cm³/mol. The number of aliphatic hydroxyl groups excluding tert-OH is 1. The maximum Gasteiger partial charge on any atom is 0.102 e. The van der Waals surface area contributed by atoms with E-state index in [0.717, 1.165) is 6.42 Å². The third-order valence-corrected chi connectivity index (χ3v) is 1.13. The van der Waals surface area contributed by atoms with Crippen LogP contribution in [-0.4, -0.2) is 17.8 Å². The lowest BCUT2D eigenvalue weighted by atomic mass is 10.1. The molecule has 3 N–H and O–H groups in total. The van der Waals surface area contributed by atoms with Crippen LogP contribution in [0.2, 0.25) is 0 Å². The Hall–Kier alpha value is -0.120. The van der Waals surface area contributed by atoms with Gasteiger partial charge in [0.05, 0.1) is 6.61 Å². The first-order chi connectivity index (χ1) is 4.20. The minimum atomic E-state index is -0.190. The number of rotatable bonds is 4. The SMILES string of the molecule is CC(C)CC(CO)ON. The van der Waals surface area contributed by atoms with Crippen LogP contribution in [0.5, 0.6) is 0 Å². The van der Waals surface area contributed by atoms with Crippen LogP contribution in [0.25, 0.3) is 0 Å². The Morgan fingerprint density at radius 2 is 2.11 bits per heavy atom. The second-order valence-electron chi connectivity index (χ2n) is 2.57. The average Bonchev–Trinajstić information content (AvgIpc) is 1.82. The molecule has 3 heteroatoms. The Morgan fingerprint density at radius 1 is 1.56 bits per heavy atom. The molecule has 0 rings (SSSR count). The van der Waals surface area contributed by atoms with Gasteiger partial charge in [-0.05, 0) is 12.3 Å². The molecule has 0 fully saturated rings. The molecule has 3 nitrogen and oxygen atoms in total. The molecule has 0 radical (unpaired) electrons. The fourth-order valence-corrected chi connectivity index (χ4v) is 0.699. The Balaban J connectivity index is 3.31. The van der Waals surface area contributed by atoms with Gasteiger partial charge in [-0.1, -0.05) is 13.8 Å². The number of hydrogen-bond acceptors (Lipinski definition) is 3. The van der Waals surface area contributed by atoms with E-state index < -0.39 is 0 Å². The second-order valence-corrected chi connectivity index (χ2v) is 2.57. The van der Waals surface area contributed by atoms with Gasteiger partial charge in [-0.25, -0.2) is 5.90 Å². The van der Waals surface area contributed by atoms with E-state index in [0.29, 0.717) is 5.92 Å². The topological polar surface area (TPSA) is 55.5 Å². The Labute approximate surface area is 55.8 Å². The average molecular weight is 133 g/mol. The fourth-order valence-electron chi connectivity index (χ4n) is 0.699. The van der Waals surface area contributed by atoms with Crippen molar-refractivity contribution in [3.8, 4) is 0 Å². The summed E-state index contributed by atoms with van der Waals surface area (Å²) in [6, 6.07) is 0. The molecule has 0 spiro atoms. The van der Waals surface area contributed by atoms with E-state index in [1.807, 2.05) is 0 Å². The van der Waals surface area contributed by atoms with Crippen LogP contribution < -0.4 is 5.90 Å². The molecular weight excluding hydrogens is 118 g/mol. The van der Waals surface area contributed by atoms with Crippen LogP contribution in [-0.2, 0) is 4.84 Å². The lowest BCUT2D eigenvalue weighted by molar-refractivity contribution is 0.000160. The summed E-state index contributed by atoms with van der Waals surface area (Å²) >= 11 is 0. The van der Waals surface area contributed by atoms with Crippen molar-refractivity contribution in [1.82, 2.24) is 0 Å². The normalized spacial score (nSPS) is 14.3. The van der Waals surface area contributed by atoms with Gasteiger partial charge in [-0.15, -0.1) is 0 Å². The summed E-state index contributed by atoms with van der Waals surface area (Å²) in [5, 5.41) is 8.57. The Kier molecular flexibility index (Phi) is 4.67. The van der Waals surface area contributed by atoms with E-state index in [4.69, 9.17) is 11.0 Å². The van der Waals surface area contributed by atoms with Crippen molar-refractivity contribution in [1.29, 1.82) is 0 Å². The van der Waals surface area contributed by atoms with Gasteiger partial charge in [-0.3, -0.25) is 4.84 Å². The molecule has 0 saturated heterocycles. The minimum absolute atomic E-state index is 0.00861. The minimum Gasteiger partial charge on any atom is -0.394 e. The van der Waals surface area contributed by atoms with Gasteiger partial charge in [0.15, 0.2) is 0 Å². The molecule has 0 aromatic carbocycles. The van der Waals surface area contributed by atoms with E-state index in [1.165, 1.54) is 0 Å². The smallest absolute Gasteiger partial charge is 0.102 e. The summed E-state index contributed by atoms with van der Waals surface area (Å²) in [5.74, 6) is 5.39. The number of aliphatic hydroxyl groups is 1. The second kappa shape index (κ2) is 4.73. The number of hydrogen-bond donors (Lipinski definition) is 2. The van der Waals surface area contributed by atoms with E-state index in [1.54, 1.807) is 0 Å². The van der Waals surface area contributed by atoms with Gasteiger partial charge < -0.3 is 5.11 Å². The molecule has 56 valence electrons. The molecule has 9 heavy (non-hydrogen) atoms. The highest BCUT2D eigenvalue weighted by Crippen LogP contribution is 2.04. The zero-order valence-electron chi connectivity index (χ0n) is 6.00. The molecule has 0 amide bonds. The van der Waals surface area contributed by atoms with Crippen LogP contribution in [0, 0.1) is 5.92 Å². The van der Waals surface area contributed by atoms with Gasteiger partial charge in [0.1, 0.15) is 6.10 Å². The molecule has 0 bridgehead atoms. The quantitative estimate of drug-likeness (QED) is 0.542. The van der Waals surface area contributed by atoms with Crippen molar-refractivity contribution in [2.45, 2.75) is 26.4 Å². The van der Waals surface area contributed by atoms with Crippen molar-refractivity contribution < 1.29 is 9.94 Å². The molecule has 1 atom stereocenters. The van der Waals surface area contributed by atoms with E-state index in [2.05, 4.69) is 18.7 Å². The van der Waals surface area contributed by atoms with Gasteiger partial charge in [0.2, 0.25) is 0 Å². The van der Waals surface area contributed by atoms with Gasteiger partial charge in [0.25, 0.3) is 0 Å². The standard InChI is InChI=1S/C6H15NO2/c1-5(2)3-6(4-8)9-7/h5-6,8H,3-4,7H2,1-2H3. The van der Waals surface area contributed by atoms with Crippen LogP contribution in [0.3, 0.4) is 0 Å². The van der Waals surface area contributed by atoms with Crippen LogP contribution in [0.15, 0.2) is 0 Å². The molecule has 0 heterocycles. The maximum atomic E-state index is 8.57. The molecule has 0 aromatic rings. The monoisotopic (exact) mass is 133 g/mol. The first kappa shape index (κ1) is 8.88. The zero-order valence-corrected chi connectivity index (χ0v) is 6.00. The molecular formula is C6H15NO2. The fraction of sp³-hybridized carbons (Fsp3) is 1.00. The highest BCUT2D eigenvalue weighted by molar-refractivity contribution is 4.56.